The summed E-state index contributed by atoms with van der Waals surface area (Å²) in [5, 5.41) is 5.75. The summed E-state index contributed by atoms with van der Waals surface area (Å²) in [5.41, 5.74) is 6.05. The first-order valence-corrected chi connectivity index (χ1v) is 18.8. The van der Waals surface area contributed by atoms with E-state index in [9.17, 15) is 18.8 Å². The number of thiophene rings is 1. The lowest BCUT2D eigenvalue weighted by Crippen LogP contribution is -2.59. The van der Waals surface area contributed by atoms with Crippen LogP contribution in [0.5, 0.6) is 0 Å². The number of nitrogens with one attached hydrogen (secondary N) is 2. The van der Waals surface area contributed by atoms with Gasteiger partial charge in [0.2, 0.25) is 0 Å². The van der Waals surface area contributed by atoms with Gasteiger partial charge in [0, 0.05) is 65.6 Å². The van der Waals surface area contributed by atoms with E-state index in [1.54, 1.807) is 35.2 Å². The molecule has 2 aromatic heterocycles. The first-order chi connectivity index (χ1) is 25.6. The number of para-hydroxylation sites is 2. The number of ether oxygens (including phenoxy) is 1. The molecule has 0 radical (unpaired) electrons. The van der Waals surface area contributed by atoms with Crippen molar-refractivity contribution in [1.82, 2.24) is 4.98 Å². The van der Waals surface area contributed by atoms with E-state index in [1.807, 2.05) is 44.2 Å². The molecule has 2 saturated heterocycles. The van der Waals surface area contributed by atoms with Crippen molar-refractivity contribution < 1.29 is 23.5 Å². The zero-order valence-electron chi connectivity index (χ0n) is 29.3. The monoisotopic (exact) mass is 749 g/mol. The highest BCUT2D eigenvalue weighted by Crippen LogP contribution is 2.44. The number of pyridine rings is 1. The average Bonchev–Trinajstić information content (AvgIpc) is 3.51. The number of amides is 3. The van der Waals surface area contributed by atoms with Gasteiger partial charge in [0.25, 0.3) is 17.7 Å². The molecule has 1 spiro atoms. The normalized spacial score (nSPS) is 15.9. The number of carbonyl (C=O) groups excluding carboxylic acids is 3. The fourth-order valence-corrected chi connectivity index (χ4v) is 8.75. The van der Waals surface area contributed by atoms with Gasteiger partial charge < -0.3 is 25.2 Å². The number of aryl methyl sites for hydroxylation is 2. The quantitative estimate of drug-likeness (QED) is 0.180. The molecule has 0 unspecified atom stereocenters. The van der Waals surface area contributed by atoms with E-state index in [-0.39, 0.29) is 27.9 Å². The van der Waals surface area contributed by atoms with Gasteiger partial charge in [-0.3, -0.25) is 14.4 Å². The molecule has 3 aliphatic rings. The number of carbonyl (C=O) groups is 3. The molecule has 270 valence electrons. The van der Waals surface area contributed by atoms with Crippen molar-refractivity contribution in [1.29, 1.82) is 0 Å². The van der Waals surface area contributed by atoms with Crippen LogP contribution in [0.4, 0.5) is 27.3 Å². The SMILES string of the molecule is Cc1cc(C(=O)Nc2ccc(C(=O)N3CCc4cc(C(=O)Nc5c(F)cccc5Cl)sc4-c4ccccc43)cc2)c(N2CC3(CCOCC3)C2)nc1C. The van der Waals surface area contributed by atoms with Crippen LogP contribution in [0, 0.1) is 25.1 Å². The lowest BCUT2D eigenvalue weighted by Gasteiger charge is -2.53. The first-order valence-electron chi connectivity index (χ1n) is 17.6. The third-order valence-electron chi connectivity index (χ3n) is 10.5. The first kappa shape index (κ1) is 35.0. The second-order valence-corrected chi connectivity index (χ2v) is 15.5. The summed E-state index contributed by atoms with van der Waals surface area (Å²) in [6.45, 7) is 7.57. The van der Waals surface area contributed by atoms with Crippen LogP contribution in [0.1, 0.15) is 60.1 Å². The second-order valence-electron chi connectivity index (χ2n) is 14.0. The van der Waals surface area contributed by atoms with Gasteiger partial charge in [0.05, 0.1) is 26.8 Å². The Morgan fingerprint density at radius 3 is 2.43 bits per heavy atom. The molecule has 2 fully saturated rings. The number of rotatable bonds is 6. The molecule has 0 bridgehead atoms. The molecule has 12 heteroatoms. The van der Waals surface area contributed by atoms with Crippen molar-refractivity contribution in [3.05, 3.63) is 123 Å². The average molecular weight is 750 g/mol. The Morgan fingerprint density at radius 1 is 0.925 bits per heavy atom. The van der Waals surface area contributed by atoms with Crippen molar-refractivity contribution >= 4 is 63.5 Å². The van der Waals surface area contributed by atoms with E-state index in [0.29, 0.717) is 40.5 Å². The molecule has 5 heterocycles. The second kappa shape index (κ2) is 14.0. The Balaban J connectivity index is 0.983. The molecule has 3 aromatic carbocycles. The molecule has 3 aliphatic heterocycles. The predicted molar refractivity (Wildman–Crippen MR) is 207 cm³/mol. The minimum Gasteiger partial charge on any atom is -0.381 e. The summed E-state index contributed by atoms with van der Waals surface area (Å²) in [5.74, 6) is -0.803. The van der Waals surface area contributed by atoms with Crippen LogP contribution in [0.25, 0.3) is 10.4 Å². The van der Waals surface area contributed by atoms with Crippen molar-refractivity contribution in [2.45, 2.75) is 33.1 Å². The van der Waals surface area contributed by atoms with Gasteiger partial charge in [-0.05, 0) is 98.8 Å². The Kier molecular flexibility index (Phi) is 9.26. The summed E-state index contributed by atoms with van der Waals surface area (Å²) in [6.07, 6.45) is 2.55. The van der Waals surface area contributed by atoms with E-state index in [4.69, 9.17) is 21.3 Å². The number of benzene rings is 3. The molecule has 0 atom stereocenters. The zero-order chi connectivity index (χ0) is 36.9. The summed E-state index contributed by atoms with van der Waals surface area (Å²) in [6, 6.07) is 22.5. The van der Waals surface area contributed by atoms with Gasteiger partial charge in [0.15, 0.2) is 0 Å². The standard InChI is InChI=1S/C41H37ClFN5O4S/c1-24-20-30(37(44-25(24)2)47-22-41(23-47)15-18-52-19-16-41)38(49)45-28-12-10-26(11-13-28)40(51)48-17-14-27-21-34(53-36(27)29-6-3-4-9-33(29)48)39(50)46-35-31(42)7-5-8-32(35)43/h3-13,20-21H,14-19,22-23H2,1-2H3,(H,45,49)(H,46,50). The van der Waals surface area contributed by atoms with Crippen molar-refractivity contribution in [2.75, 3.05) is 53.3 Å². The zero-order valence-corrected chi connectivity index (χ0v) is 30.9. The Labute approximate surface area is 315 Å². The van der Waals surface area contributed by atoms with E-state index >= 15 is 0 Å². The van der Waals surface area contributed by atoms with Crippen LogP contribution in [0.3, 0.4) is 0 Å². The third kappa shape index (κ3) is 6.69. The van der Waals surface area contributed by atoms with Crippen LogP contribution in [-0.2, 0) is 11.2 Å². The van der Waals surface area contributed by atoms with Crippen LogP contribution < -0.4 is 20.4 Å². The maximum Gasteiger partial charge on any atom is 0.265 e. The van der Waals surface area contributed by atoms with Gasteiger partial charge in [0.1, 0.15) is 11.6 Å². The number of aromatic nitrogens is 1. The van der Waals surface area contributed by atoms with E-state index < -0.39 is 11.7 Å². The Hall–Kier alpha value is -5.10. The van der Waals surface area contributed by atoms with Crippen molar-refractivity contribution in [3.63, 3.8) is 0 Å². The van der Waals surface area contributed by atoms with E-state index in [2.05, 4.69) is 15.5 Å². The largest absolute Gasteiger partial charge is 0.381 e. The maximum atomic E-state index is 14.4. The smallest absolute Gasteiger partial charge is 0.265 e. The Morgan fingerprint density at radius 2 is 1.68 bits per heavy atom. The summed E-state index contributed by atoms with van der Waals surface area (Å²) >= 11 is 7.44. The number of hydrogen-bond donors (Lipinski definition) is 2. The van der Waals surface area contributed by atoms with Crippen LogP contribution in [0.15, 0.2) is 78.9 Å². The fraction of sp³-hybridized carbons (Fsp3) is 0.268. The highest BCUT2D eigenvalue weighted by Gasteiger charge is 2.45. The maximum absolute atomic E-state index is 14.4. The van der Waals surface area contributed by atoms with Gasteiger partial charge in [-0.15, -0.1) is 11.3 Å². The van der Waals surface area contributed by atoms with Gasteiger partial charge in [-0.25, -0.2) is 9.37 Å². The summed E-state index contributed by atoms with van der Waals surface area (Å²) < 4.78 is 20.0. The molecule has 2 N–H and O–H groups in total. The number of nitrogens with zero attached hydrogens (tertiary/aromatic N) is 3. The molecule has 0 saturated carbocycles. The number of fused-ring (bicyclic) bond motifs is 3. The third-order valence-corrected chi connectivity index (χ3v) is 12.0. The lowest BCUT2D eigenvalue weighted by atomic mass is 9.73. The molecule has 53 heavy (non-hydrogen) atoms. The number of anilines is 4. The summed E-state index contributed by atoms with van der Waals surface area (Å²) in [4.78, 5) is 51.0. The Bertz CT molecular complexity index is 2240. The lowest BCUT2D eigenvalue weighted by molar-refractivity contribution is -0.000520. The molecule has 5 aromatic rings. The van der Waals surface area contributed by atoms with Gasteiger partial charge >= 0.3 is 0 Å². The molecular weight excluding hydrogens is 713 g/mol. The molecule has 9 nitrogen and oxygen atoms in total. The minimum absolute atomic E-state index is 0.0622. The highest BCUT2D eigenvalue weighted by atomic mass is 35.5. The molecular formula is C41H37ClFN5O4S. The topological polar surface area (TPSA) is 104 Å². The minimum atomic E-state index is -0.613. The predicted octanol–water partition coefficient (Wildman–Crippen LogP) is 8.54. The van der Waals surface area contributed by atoms with Crippen LogP contribution in [0.2, 0.25) is 5.02 Å². The number of hydrogen-bond acceptors (Lipinski definition) is 7. The fourth-order valence-electron chi connectivity index (χ4n) is 7.40. The van der Waals surface area contributed by atoms with Crippen molar-refractivity contribution in [3.8, 4) is 10.4 Å². The van der Waals surface area contributed by atoms with Gasteiger partial charge in [-0.2, -0.15) is 0 Å². The molecule has 3 amide bonds. The van der Waals surface area contributed by atoms with E-state index in [1.165, 1.54) is 29.5 Å². The highest BCUT2D eigenvalue weighted by molar-refractivity contribution is 7.17. The molecule has 8 rings (SSSR count). The van der Waals surface area contributed by atoms with E-state index in [0.717, 1.165) is 72.1 Å². The van der Waals surface area contributed by atoms with Crippen LogP contribution in [-0.4, -0.2) is 55.6 Å². The van der Waals surface area contributed by atoms with Gasteiger partial charge in [-0.1, -0.05) is 35.9 Å². The van der Waals surface area contributed by atoms with Crippen molar-refractivity contribution in [2.24, 2.45) is 5.41 Å². The summed E-state index contributed by atoms with van der Waals surface area (Å²) in [7, 11) is 0. The number of halogens is 2. The van der Waals surface area contributed by atoms with Crippen LogP contribution >= 0.6 is 22.9 Å². The molecule has 0 aliphatic carbocycles.